The molecular formula is C23H29FO3. The zero-order valence-electron chi connectivity index (χ0n) is 16.2. The number of aryl methyl sites for hydroxylation is 1. The van der Waals surface area contributed by atoms with Gasteiger partial charge in [0.1, 0.15) is 11.6 Å². The SMILES string of the molecule is CCCC1COC(CCc2ccc(-c3ccc(OCC)cc3F)cc2)OC1. The van der Waals surface area contributed by atoms with Crippen LogP contribution in [0.2, 0.25) is 0 Å². The van der Waals surface area contributed by atoms with E-state index in [0.29, 0.717) is 23.8 Å². The zero-order chi connectivity index (χ0) is 19.1. The largest absolute Gasteiger partial charge is 0.494 e. The summed E-state index contributed by atoms with van der Waals surface area (Å²) in [4.78, 5) is 0. The molecular weight excluding hydrogens is 343 g/mol. The van der Waals surface area contributed by atoms with E-state index in [2.05, 4.69) is 6.92 Å². The first kappa shape index (κ1) is 19.8. The second-order valence-corrected chi connectivity index (χ2v) is 7.06. The Morgan fingerprint density at radius 2 is 1.74 bits per heavy atom. The van der Waals surface area contributed by atoms with Crippen molar-refractivity contribution >= 4 is 0 Å². The number of rotatable bonds is 8. The van der Waals surface area contributed by atoms with Gasteiger partial charge < -0.3 is 14.2 Å². The lowest BCUT2D eigenvalue weighted by molar-refractivity contribution is -0.203. The molecule has 0 amide bonds. The maximum absolute atomic E-state index is 14.3. The molecule has 27 heavy (non-hydrogen) atoms. The lowest BCUT2D eigenvalue weighted by atomic mass is 10.0. The zero-order valence-corrected chi connectivity index (χ0v) is 16.2. The molecule has 0 aliphatic carbocycles. The molecule has 1 fully saturated rings. The minimum Gasteiger partial charge on any atom is -0.494 e. The summed E-state index contributed by atoms with van der Waals surface area (Å²) in [7, 11) is 0. The van der Waals surface area contributed by atoms with Gasteiger partial charge in [-0.1, -0.05) is 37.6 Å². The van der Waals surface area contributed by atoms with E-state index < -0.39 is 0 Å². The average molecular weight is 372 g/mol. The van der Waals surface area contributed by atoms with Crippen molar-refractivity contribution in [1.29, 1.82) is 0 Å². The molecule has 146 valence electrons. The van der Waals surface area contributed by atoms with Crippen molar-refractivity contribution in [3.8, 4) is 16.9 Å². The third-order valence-corrected chi connectivity index (χ3v) is 4.92. The quantitative estimate of drug-likeness (QED) is 0.602. The van der Waals surface area contributed by atoms with Crippen molar-refractivity contribution in [3.05, 3.63) is 53.8 Å². The number of ether oxygens (including phenoxy) is 3. The van der Waals surface area contributed by atoms with Gasteiger partial charge in [0.25, 0.3) is 0 Å². The summed E-state index contributed by atoms with van der Waals surface area (Å²) in [6.07, 6.45) is 3.95. The Morgan fingerprint density at radius 1 is 1.00 bits per heavy atom. The van der Waals surface area contributed by atoms with Gasteiger partial charge in [-0.15, -0.1) is 0 Å². The summed E-state index contributed by atoms with van der Waals surface area (Å²) in [6, 6.07) is 13.0. The van der Waals surface area contributed by atoms with Crippen molar-refractivity contribution in [3.63, 3.8) is 0 Å². The van der Waals surface area contributed by atoms with E-state index in [0.717, 1.165) is 38.0 Å². The third kappa shape index (κ3) is 5.53. The average Bonchev–Trinajstić information content (AvgIpc) is 2.69. The Bertz CT molecular complexity index is 706. The van der Waals surface area contributed by atoms with Gasteiger partial charge in [-0.05, 0) is 43.0 Å². The molecule has 0 saturated carbocycles. The molecule has 3 nitrogen and oxygen atoms in total. The molecule has 0 bridgehead atoms. The molecule has 2 aromatic rings. The van der Waals surface area contributed by atoms with Crippen LogP contribution in [-0.4, -0.2) is 26.1 Å². The first-order valence-corrected chi connectivity index (χ1v) is 9.94. The molecule has 2 aromatic carbocycles. The summed E-state index contributed by atoms with van der Waals surface area (Å²) in [5, 5.41) is 0. The fourth-order valence-corrected chi connectivity index (χ4v) is 3.45. The topological polar surface area (TPSA) is 27.7 Å². The van der Waals surface area contributed by atoms with Gasteiger partial charge in [0.2, 0.25) is 0 Å². The van der Waals surface area contributed by atoms with Crippen molar-refractivity contribution in [1.82, 2.24) is 0 Å². The molecule has 1 saturated heterocycles. The summed E-state index contributed by atoms with van der Waals surface area (Å²) in [5.74, 6) is 0.831. The first-order chi connectivity index (χ1) is 13.2. The van der Waals surface area contributed by atoms with Crippen LogP contribution in [0.5, 0.6) is 5.75 Å². The normalized spacial score (nSPS) is 19.8. The van der Waals surface area contributed by atoms with E-state index in [4.69, 9.17) is 14.2 Å². The van der Waals surface area contributed by atoms with Crippen molar-refractivity contribution in [2.24, 2.45) is 5.92 Å². The fraction of sp³-hybridized carbons (Fsp3) is 0.478. The minimum atomic E-state index is -0.265. The van der Waals surface area contributed by atoms with E-state index >= 15 is 0 Å². The van der Waals surface area contributed by atoms with Crippen LogP contribution in [-0.2, 0) is 15.9 Å². The summed E-state index contributed by atoms with van der Waals surface area (Å²) in [5.41, 5.74) is 2.66. The Morgan fingerprint density at radius 3 is 2.37 bits per heavy atom. The highest BCUT2D eigenvalue weighted by molar-refractivity contribution is 5.65. The second-order valence-electron chi connectivity index (χ2n) is 7.06. The highest BCUT2D eigenvalue weighted by atomic mass is 19.1. The molecule has 0 spiro atoms. The van der Waals surface area contributed by atoms with Crippen LogP contribution in [0, 0.1) is 11.7 Å². The van der Waals surface area contributed by atoms with Crippen molar-refractivity contribution in [2.45, 2.75) is 45.8 Å². The van der Waals surface area contributed by atoms with E-state index in [-0.39, 0.29) is 12.1 Å². The number of benzene rings is 2. The van der Waals surface area contributed by atoms with Crippen LogP contribution >= 0.6 is 0 Å². The van der Waals surface area contributed by atoms with Crippen LogP contribution in [0.3, 0.4) is 0 Å². The Kier molecular flexibility index (Phi) is 7.25. The first-order valence-electron chi connectivity index (χ1n) is 9.94. The molecule has 1 aliphatic rings. The molecule has 3 rings (SSSR count). The fourth-order valence-electron chi connectivity index (χ4n) is 3.45. The van der Waals surface area contributed by atoms with Crippen LogP contribution in [0.15, 0.2) is 42.5 Å². The molecule has 1 aliphatic heterocycles. The second kappa shape index (κ2) is 9.86. The standard InChI is InChI=1S/C23H29FO3/c1-3-5-18-15-26-23(27-16-18)13-8-17-6-9-19(10-7-17)21-12-11-20(25-4-2)14-22(21)24/h6-7,9-12,14,18,23H,3-5,8,13,15-16H2,1-2H3. The Balaban J connectivity index is 1.53. The predicted octanol–water partition coefficient (Wildman–Crippen LogP) is 5.61. The minimum absolute atomic E-state index is 0.110. The lowest BCUT2D eigenvalue weighted by Gasteiger charge is -2.29. The van der Waals surface area contributed by atoms with E-state index in [9.17, 15) is 4.39 Å². The smallest absolute Gasteiger partial charge is 0.157 e. The number of halogens is 1. The molecule has 0 N–H and O–H groups in total. The maximum Gasteiger partial charge on any atom is 0.157 e. The van der Waals surface area contributed by atoms with Crippen molar-refractivity contribution in [2.75, 3.05) is 19.8 Å². The Labute approximate surface area is 161 Å². The molecule has 0 atom stereocenters. The molecule has 0 aromatic heterocycles. The van der Waals surface area contributed by atoms with Gasteiger partial charge in [-0.3, -0.25) is 0 Å². The van der Waals surface area contributed by atoms with Crippen LogP contribution in [0.25, 0.3) is 11.1 Å². The van der Waals surface area contributed by atoms with Crippen LogP contribution < -0.4 is 4.74 Å². The van der Waals surface area contributed by atoms with Gasteiger partial charge in [0.05, 0.1) is 19.8 Å². The summed E-state index contributed by atoms with van der Waals surface area (Å²) in [6.45, 7) is 6.20. The van der Waals surface area contributed by atoms with E-state index in [1.807, 2.05) is 31.2 Å². The predicted molar refractivity (Wildman–Crippen MR) is 105 cm³/mol. The lowest BCUT2D eigenvalue weighted by Crippen LogP contribution is -2.32. The summed E-state index contributed by atoms with van der Waals surface area (Å²) < 4.78 is 31.3. The molecule has 0 radical (unpaired) electrons. The van der Waals surface area contributed by atoms with Crippen LogP contribution in [0.1, 0.15) is 38.7 Å². The highest BCUT2D eigenvalue weighted by Gasteiger charge is 2.21. The van der Waals surface area contributed by atoms with Gasteiger partial charge in [0.15, 0.2) is 6.29 Å². The van der Waals surface area contributed by atoms with Gasteiger partial charge >= 0.3 is 0 Å². The van der Waals surface area contributed by atoms with Gasteiger partial charge in [0, 0.05) is 24.0 Å². The van der Waals surface area contributed by atoms with E-state index in [1.165, 1.54) is 18.1 Å². The van der Waals surface area contributed by atoms with Crippen LogP contribution in [0.4, 0.5) is 4.39 Å². The monoisotopic (exact) mass is 372 g/mol. The molecule has 4 heteroatoms. The molecule has 1 heterocycles. The third-order valence-electron chi connectivity index (χ3n) is 4.92. The number of hydrogen-bond donors (Lipinski definition) is 0. The van der Waals surface area contributed by atoms with Gasteiger partial charge in [-0.25, -0.2) is 4.39 Å². The van der Waals surface area contributed by atoms with Crippen molar-refractivity contribution < 1.29 is 18.6 Å². The highest BCUT2D eigenvalue weighted by Crippen LogP contribution is 2.27. The van der Waals surface area contributed by atoms with E-state index in [1.54, 1.807) is 12.1 Å². The molecule has 0 unspecified atom stereocenters. The summed E-state index contributed by atoms with van der Waals surface area (Å²) >= 11 is 0. The Hall–Kier alpha value is -1.91. The number of hydrogen-bond acceptors (Lipinski definition) is 3. The van der Waals surface area contributed by atoms with Gasteiger partial charge in [-0.2, -0.15) is 0 Å². The maximum atomic E-state index is 14.3.